The van der Waals surface area contributed by atoms with E-state index in [-0.39, 0.29) is 17.9 Å². The number of rotatable bonds is 1. The van der Waals surface area contributed by atoms with Gasteiger partial charge in [-0.25, -0.2) is 0 Å². The third-order valence-electron chi connectivity index (χ3n) is 4.28. The molecule has 2 saturated heterocycles. The highest BCUT2D eigenvalue weighted by atomic mass is 79.9. The van der Waals surface area contributed by atoms with Crippen molar-refractivity contribution in [2.45, 2.75) is 25.3 Å². The SMILES string of the molecule is Nc1cc(Br)cc(C(=O)N2CCC3NC(=O)CCC3C2)c1. The Morgan fingerprint density at radius 2 is 2.14 bits per heavy atom. The van der Waals surface area contributed by atoms with Gasteiger partial charge in [0.25, 0.3) is 5.91 Å². The van der Waals surface area contributed by atoms with Gasteiger partial charge in [-0.3, -0.25) is 9.59 Å². The zero-order valence-electron chi connectivity index (χ0n) is 11.6. The Bertz CT molecular complexity index is 570. The first kappa shape index (κ1) is 14.4. The molecule has 2 fully saturated rings. The average molecular weight is 352 g/mol. The molecule has 0 spiro atoms. The number of likely N-dealkylation sites (tertiary alicyclic amines) is 1. The van der Waals surface area contributed by atoms with Gasteiger partial charge in [0.15, 0.2) is 0 Å². The van der Waals surface area contributed by atoms with E-state index in [1.165, 1.54) is 0 Å². The van der Waals surface area contributed by atoms with Crippen molar-refractivity contribution >= 4 is 33.4 Å². The number of carbonyl (C=O) groups is 2. The lowest BCUT2D eigenvalue weighted by atomic mass is 9.85. The first-order chi connectivity index (χ1) is 10.0. The topological polar surface area (TPSA) is 75.4 Å². The summed E-state index contributed by atoms with van der Waals surface area (Å²) in [4.78, 5) is 25.9. The fourth-order valence-electron chi connectivity index (χ4n) is 3.21. The largest absolute Gasteiger partial charge is 0.399 e. The van der Waals surface area contributed by atoms with Crippen molar-refractivity contribution in [3.63, 3.8) is 0 Å². The van der Waals surface area contributed by atoms with Crippen LogP contribution >= 0.6 is 15.9 Å². The second-order valence-corrected chi connectivity index (χ2v) is 6.70. The quantitative estimate of drug-likeness (QED) is 0.757. The molecule has 3 N–H and O–H groups in total. The van der Waals surface area contributed by atoms with Crippen LogP contribution in [0.1, 0.15) is 29.6 Å². The lowest BCUT2D eigenvalue weighted by Gasteiger charge is -2.41. The molecule has 3 rings (SSSR count). The van der Waals surface area contributed by atoms with Crippen molar-refractivity contribution < 1.29 is 9.59 Å². The van der Waals surface area contributed by atoms with Gasteiger partial charge in [0, 0.05) is 41.3 Å². The van der Waals surface area contributed by atoms with E-state index in [0.717, 1.165) is 17.3 Å². The Labute approximate surface area is 132 Å². The maximum Gasteiger partial charge on any atom is 0.253 e. The summed E-state index contributed by atoms with van der Waals surface area (Å²) < 4.78 is 0.811. The van der Waals surface area contributed by atoms with E-state index in [0.29, 0.717) is 36.7 Å². The number of carbonyl (C=O) groups excluding carboxylic acids is 2. The molecule has 5 nitrogen and oxygen atoms in total. The summed E-state index contributed by atoms with van der Waals surface area (Å²) in [6.07, 6.45) is 2.25. The summed E-state index contributed by atoms with van der Waals surface area (Å²) >= 11 is 3.37. The van der Waals surface area contributed by atoms with E-state index < -0.39 is 0 Å². The monoisotopic (exact) mass is 351 g/mol. The molecule has 21 heavy (non-hydrogen) atoms. The Balaban J connectivity index is 1.73. The van der Waals surface area contributed by atoms with Gasteiger partial charge in [0.2, 0.25) is 5.91 Å². The molecular formula is C15H18BrN3O2. The first-order valence-corrected chi connectivity index (χ1v) is 7.97. The van der Waals surface area contributed by atoms with Gasteiger partial charge in [-0.05, 0) is 37.0 Å². The van der Waals surface area contributed by atoms with Crippen molar-refractivity contribution in [1.82, 2.24) is 10.2 Å². The van der Waals surface area contributed by atoms with Gasteiger partial charge in [-0.15, -0.1) is 0 Å². The lowest BCUT2D eigenvalue weighted by Crippen LogP contribution is -2.55. The predicted molar refractivity (Wildman–Crippen MR) is 83.7 cm³/mol. The molecule has 2 aliphatic rings. The zero-order chi connectivity index (χ0) is 15.0. The van der Waals surface area contributed by atoms with Crippen LogP contribution in [0.2, 0.25) is 0 Å². The van der Waals surface area contributed by atoms with Crippen molar-refractivity contribution in [3.8, 4) is 0 Å². The van der Waals surface area contributed by atoms with Crippen LogP contribution in [0.4, 0.5) is 5.69 Å². The molecule has 2 heterocycles. The molecule has 0 bridgehead atoms. The molecule has 1 aromatic rings. The number of halogens is 1. The number of hydrogen-bond acceptors (Lipinski definition) is 3. The van der Waals surface area contributed by atoms with E-state index in [2.05, 4.69) is 21.2 Å². The summed E-state index contributed by atoms with van der Waals surface area (Å²) in [5, 5.41) is 3.03. The number of nitrogens with zero attached hydrogens (tertiary/aromatic N) is 1. The molecule has 0 radical (unpaired) electrons. The number of amides is 2. The number of nitrogens with two attached hydrogens (primary N) is 1. The van der Waals surface area contributed by atoms with Crippen molar-refractivity contribution in [3.05, 3.63) is 28.2 Å². The minimum absolute atomic E-state index is 0.0124. The fourth-order valence-corrected chi connectivity index (χ4v) is 3.72. The minimum atomic E-state index is 0.0124. The van der Waals surface area contributed by atoms with Crippen LogP contribution in [0.15, 0.2) is 22.7 Å². The number of hydrogen-bond donors (Lipinski definition) is 2. The number of benzene rings is 1. The van der Waals surface area contributed by atoms with Gasteiger partial charge >= 0.3 is 0 Å². The summed E-state index contributed by atoms with van der Waals surface area (Å²) in [5.74, 6) is 0.513. The van der Waals surface area contributed by atoms with Crippen molar-refractivity contribution in [1.29, 1.82) is 0 Å². The van der Waals surface area contributed by atoms with E-state index in [1.807, 2.05) is 4.90 Å². The van der Waals surface area contributed by atoms with E-state index in [1.54, 1.807) is 18.2 Å². The molecule has 2 atom stereocenters. The van der Waals surface area contributed by atoms with Crippen LogP contribution in [0.25, 0.3) is 0 Å². The summed E-state index contributed by atoms with van der Waals surface area (Å²) in [6, 6.07) is 5.51. The average Bonchev–Trinajstić information content (AvgIpc) is 2.45. The third kappa shape index (κ3) is 3.05. The van der Waals surface area contributed by atoms with E-state index >= 15 is 0 Å². The number of nitrogen functional groups attached to an aromatic ring is 1. The summed E-state index contributed by atoms with van der Waals surface area (Å²) in [6.45, 7) is 1.38. The summed E-state index contributed by atoms with van der Waals surface area (Å²) in [5.41, 5.74) is 6.99. The van der Waals surface area contributed by atoms with Gasteiger partial charge in [0.1, 0.15) is 0 Å². The smallest absolute Gasteiger partial charge is 0.253 e. The standard InChI is InChI=1S/C15H18BrN3O2/c16-11-5-10(6-12(17)7-11)15(21)19-4-3-13-9(8-19)1-2-14(20)18-13/h5-7,9,13H,1-4,8,17H2,(H,18,20). The van der Waals surface area contributed by atoms with E-state index in [9.17, 15) is 9.59 Å². The molecule has 0 aliphatic carbocycles. The molecule has 2 amide bonds. The molecule has 0 aromatic heterocycles. The molecule has 112 valence electrons. The Morgan fingerprint density at radius 1 is 1.33 bits per heavy atom. The first-order valence-electron chi connectivity index (χ1n) is 7.17. The Hall–Kier alpha value is -1.56. The molecule has 0 saturated carbocycles. The van der Waals surface area contributed by atoms with E-state index in [4.69, 9.17) is 5.73 Å². The second kappa shape index (κ2) is 5.67. The van der Waals surface area contributed by atoms with Crippen LogP contribution in [-0.2, 0) is 4.79 Å². The maximum atomic E-state index is 12.6. The number of piperidine rings is 2. The fraction of sp³-hybridized carbons (Fsp3) is 0.467. The number of anilines is 1. The molecule has 1 aromatic carbocycles. The van der Waals surface area contributed by atoms with Crippen molar-refractivity contribution in [2.75, 3.05) is 18.8 Å². The third-order valence-corrected chi connectivity index (χ3v) is 4.73. The zero-order valence-corrected chi connectivity index (χ0v) is 13.2. The van der Waals surface area contributed by atoms with Gasteiger partial charge in [-0.1, -0.05) is 15.9 Å². The molecular weight excluding hydrogens is 334 g/mol. The highest BCUT2D eigenvalue weighted by Crippen LogP contribution is 2.27. The predicted octanol–water partition coefficient (Wildman–Crippen LogP) is 1.77. The Kier molecular flexibility index (Phi) is 3.89. The lowest BCUT2D eigenvalue weighted by molar-refractivity contribution is -0.125. The molecule has 2 aliphatic heterocycles. The number of nitrogens with one attached hydrogen (secondary N) is 1. The number of fused-ring (bicyclic) bond motifs is 1. The molecule has 6 heteroatoms. The van der Waals surface area contributed by atoms with Gasteiger partial charge in [0.05, 0.1) is 0 Å². The van der Waals surface area contributed by atoms with Crippen LogP contribution in [-0.4, -0.2) is 35.8 Å². The normalized spacial score (nSPS) is 25.2. The highest BCUT2D eigenvalue weighted by Gasteiger charge is 2.35. The summed E-state index contributed by atoms with van der Waals surface area (Å²) in [7, 11) is 0. The van der Waals surface area contributed by atoms with Gasteiger partial charge in [-0.2, -0.15) is 0 Å². The Morgan fingerprint density at radius 3 is 2.90 bits per heavy atom. The highest BCUT2D eigenvalue weighted by molar-refractivity contribution is 9.10. The van der Waals surface area contributed by atoms with Crippen LogP contribution < -0.4 is 11.1 Å². The maximum absolute atomic E-state index is 12.6. The van der Waals surface area contributed by atoms with Crippen LogP contribution in [0, 0.1) is 5.92 Å². The minimum Gasteiger partial charge on any atom is -0.399 e. The molecule has 2 unspecified atom stereocenters. The van der Waals surface area contributed by atoms with Crippen LogP contribution in [0.3, 0.4) is 0 Å². The van der Waals surface area contributed by atoms with Crippen molar-refractivity contribution in [2.24, 2.45) is 5.92 Å². The second-order valence-electron chi connectivity index (χ2n) is 5.79. The van der Waals surface area contributed by atoms with Crippen LogP contribution in [0.5, 0.6) is 0 Å². The van der Waals surface area contributed by atoms with Gasteiger partial charge < -0.3 is 16.0 Å².